The molecule has 0 aliphatic heterocycles. The summed E-state index contributed by atoms with van der Waals surface area (Å²) in [5, 5.41) is 7.95. The van der Waals surface area contributed by atoms with Crippen molar-refractivity contribution in [1.82, 2.24) is 9.13 Å². The van der Waals surface area contributed by atoms with Crippen LogP contribution in [0.15, 0.2) is 140 Å². The van der Waals surface area contributed by atoms with Crippen LogP contribution in [0.25, 0.3) is 97.4 Å². The molecule has 0 radical (unpaired) electrons. The van der Waals surface area contributed by atoms with E-state index in [2.05, 4.69) is 204 Å². The van der Waals surface area contributed by atoms with E-state index in [1.807, 2.05) is 11.3 Å². The summed E-state index contributed by atoms with van der Waals surface area (Å²) in [5.74, 6) is 0. The van der Waals surface area contributed by atoms with Crippen LogP contribution in [0.5, 0.6) is 0 Å². The maximum atomic E-state index is 2.60. The first-order valence-electron chi connectivity index (χ1n) is 20.4. The number of hydrogen-bond donors (Lipinski definition) is 0. The maximum absolute atomic E-state index is 2.60. The molecule has 0 unspecified atom stereocenters. The van der Waals surface area contributed by atoms with Gasteiger partial charge < -0.3 is 9.13 Å². The van der Waals surface area contributed by atoms with Gasteiger partial charge in [-0.05, 0) is 82.2 Å². The van der Waals surface area contributed by atoms with Crippen molar-refractivity contribution in [2.24, 2.45) is 0 Å². The molecule has 0 bridgehead atoms. The Bertz CT molecular complexity index is 3530. The minimum atomic E-state index is 1.17. The summed E-state index contributed by atoms with van der Waals surface area (Å²) in [6.07, 6.45) is 0. The van der Waals surface area contributed by atoms with E-state index < -0.39 is 0 Å². The van der Waals surface area contributed by atoms with Crippen LogP contribution in [0.1, 0.15) is 0 Å². The molecule has 0 amide bonds. The highest BCUT2D eigenvalue weighted by atomic mass is 32.1. The molecule has 11 aromatic rings. The Morgan fingerprint density at radius 2 is 1.02 bits per heavy atom. The van der Waals surface area contributed by atoms with Crippen LogP contribution in [-0.4, -0.2) is 64.1 Å². The minimum absolute atomic E-state index is 1.17. The van der Waals surface area contributed by atoms with Gasteiger partial charge in [-0.3, -0.25) is 0 Å². The fourth-order valence-electron chi connectivity index (χ4n) is 10.2. The summed E-state index contributed by atoms with van der Waals surface area (Å²) >= 11 is 1.88. The number of hydrogen-bond acceptors (Lipinski definition) is 1. The summed E-state index contributed by atoms with van der Waals surface area (Å²) < 4.78 is 7.71. The molecule has 0 atom stereocenters. The Balaban J connectivity index is 1.24. The van der Waals surface area contributed by atoms with Crippen molar-refractivity contribution >= 4 is 168 Å². The van der Waals surface area contributed by atoms with E-state index in [9.17, 15) is 0 Å². The van der Waals surface area contributed by atoms with Crippen LogP contribution in [0.4, 0.5) is 0 Å². The summed E-state index contributed by atoms with van der Waals surface area (Å²) in [6, 6.07) is 51.6. The average molecular weight is 750 g/mol. The smallest absolute Gasteiger partial charge is 0.141 e. The van der Waals surface area contributed by atoms with Crippen LogP contribution in [-0.2, 0) is 0 Å². The van der Waals surface area contributed by atoms with Gasteiger partial charge in [-0.1, -0.05) is 118 Å². The highest BCUT2D eigenvalue weighted by molar-refractivity contribution is 7.25. The third-order valence-corrected chi connectivity index (χ3v) is 14.6. The molecule has 0 fully saturated rings. The zero-order valence-electron chi connectivity index (χ0n) is 34.1. The molecular formula is C48H37B7N2S. The molecule has 266 valence electrons. The van der Waals surface area contributed by atoms with Crippen molar-refractivity contribution < 1.29 is 0 Å². The number of aromatic nitrogens is 2. The Labute approximate surface area is 348 Å². The molecule has 3 heterocycles. The first-order chi connectivity index (χ1) is 28.2. The van der Waals surface area contributed by atoms with Crippen LogP contribution in [0.2, 0.25) is 0 Å². The largest absolute Gasteiger partial charge is 0.310 e. The van der Waals surface area contributed by atoms with Gasteiger partial charge in [0.25, 0.3) is 0 Å². The standard InChI is InChI=1S/C48H37B7N2S/c49-40-36(25-18-20-32-31(22-25)37-28(24-10-3-1-4-11-24)15-9-16-33(37)56(32)26-12-5-2-6-13-26)41(50)45(54)47-38(40)39-42(51)43(52)44(53)46(55)48(39)57(47)27-19-21-35-30(23-27)29-14-7-8-17-34(29)58-35/h1-23H,49-55H2. The number of para-hydroxylation sites is 1. The Morgan fingerprint density at radius 1 is 0.362 bits per heavy atom. The topological polar surface area (TPSA) is 9.86 Å². The van der Waals surface area contributed by atoms with E-state index in [1.165, 1.54) is 136 Å². The minimum Gasteiger partial charge on any atom is -0.310 e. The molecule has 0 N–H and O–H groups in total. The maximum Gasteiger partial charge on any atom is 0.141 e. The number of nitrogens with zero attached hydrogens (tertiary/aromatic N) is 2. The van der Waals surface area contributed by atoms with Crippen molar-refractivity contribution in [3.8, 4) is 33.6 Å². The number of benzene rings is 8. The third-order valence-electron chi connectivity index (χ3n) is 13.4. The lowest BCUT2D eigenvalue weighted by atomic mass is 9.64. The Hall–Kier alpha value is -5.97. The van der Waals surface area contributed by atoms with Gasteiger partial charge in [0.2, 0.25) is 0 Å². The molecule has 0 saturated heterocycles. The monoisotopic (exact) mass is 750 g/mol. The molecule has 0 spiro atoms. The second-order valence-corrected chi connectivity index (χ2v) is 17.4. The van der Waals surface area contributed by atoms with Crippen LogP contribution >= 0.6 is 11.3 Å². The SMILES string of the molecule is Bc1c(B)c(B)c2c(c1B)c1c(B)c(-c3ccc4c(c3)c3c(-c5ccccc5)cccc3n4-c3ccccc3)c(B)c(B)c1n2-c1ccc2sc3ccccc3c2c1. The van der Waals surface area contributed by atoms with Gasteiger partial charge in [-0.2, -0.15) is 0 Å². The Kier molecular flexibility index (Phi) is 7.91. The van der Waals surface area contributed by atoms with Crippen molar-refractivity contribution in [3.05, 3.63) is 140 Å². The van der Waals surface area contributed by atoms with Gasteiger partial charge in [-0.15, -0.1) is 16.8 Å². The lowest BCUT2D eigenvalue weighted by molar-refractivity contribution is 1.18. The van der Waals surface area contributed by atoms with Gasteiger partial charge >= 0.3 is 0 Å². The predicted octanol–water partition coefficient (Wildman–Crippen LogP) is 1.39. The third kappa shape index (κ3) is 4.88. The molecule has 2 nitrogen and oxygen atoms in total. The van der Waals surface area contributed by atoms with Gasteiger partial charge in [0.05, 0.1) is 11.0 Å². The molecule has 10 heteroatoms. The average Bonchev–Trinajstić information content (AvgIpc) is 3.93. The summed E-state index contributed by atoms with van der Waals surface area (Å²) in [5.41, 5.74) is 22.0. The van der Waals surface area contributed by atoms with Gasteiger partial charge in [0, 0.05) is 58.7 Å². The highest BCUT2D eigenvalue weighted by Gasteiger charge is 2.26. The molecule has 8 aromatic carbocycles. The summed E-state index contributed by atoms with van der Waals surface area (Å²) in [6.45, 7) is 0. The van der Waals surface area contributed by atoms with Gasteiger partial charge in [0.1, 0.15) is 54.9 Å². The van der Waals surface area contributed by atoms with Crippen molar-refractivity contribution in [2.75, 3.05) is 0 Å². The highest BCUT2D eigenvalue weighted by Crippen LogP contribution is 2.41. The lowest BCUT2D eigenvalue weighted by Crippen LogP contribution is -2.48. The molecule has 0 aliphatic rings. The van der Waals surface area contributed by atoms with Crippen LogP contribution in [0, 0.1) is 0 Å². The zero-order valence-corrected chi connectivity index (χ0v) is 34.9. The van der Waals surface area contributed by atoms with Gasteiger partial charge in [0.15, 0.2) is 0 Å². The fraction of sp³-hybridized carbons (Fsp3) is 0. The van der Waals surface area contributed by atoms with E-state index in [4.69, 9.17) is 0 Å². The van der Waals surface area contributed by atoms with Crippen molar-refractivity contribution in [1.29, 1.82) is 0 Å². The first-order valence-corrected chi connectivity index (χ1v) is 21.2. The van der Waals surface area contributed by atoms with Crippen molar-refractivity contribution in [2.45, 2.75) is 0 Å². The second kappa shape index (κ2) is 13.0. The second-order valence-electron chi connectivity index (χ2n) is 16.3. The molecule has 58 heavy (non-hydrogen) atoms. The van der Waals surface area contributed by atoms with E-state index >= 15 is 0 Å². The lowest BCUT2D eigenvalue weighted by Gasteiger charge is -2.19. The van der Waals surface area contributed by atoms with E-state index in [1.54, 1.807) is 0 Å². The molecule has 0 aliphatic carbocycles. The molecular weight excluding hydrogens is 712 g/mol. The van der Waals surface area contributed by atoms with Crippen LogP contribution < -0.4 is 38.2 Å². The number of rotatable bonds is 4. The summed E-state index contributed by atoms with van der Waals surface area (Å²) in [4.78, 5) is 0. The molecule has 0 saturated carbocycles. The molecule has 11 rings (SSSR count). The van der Waals surface area contributed by atoms with E-state index in [-0.39, 0.29) is 0 Å². The van der Waals surface area contributed by atoms with Gasteiger partial charge in [-0.25, -0.2) is 0 Å². The zero-order chi connectivity index (χ0) is 39.6. The quantitative estimate of drug-likeness (QED) is 0.241. The number of fused-ring (bicyclic) bond motifs is 9. The Morgan fingerprint density at radius 3 is 1.79 bits per heavy atom. The number of thiophene rings is 1. The predicted molar refractivity (Wildman–Crippen MR) is 276 cm³/mol. The van der Waals surface area contributed by atoms with E-state index in [0.29, 0.717) is 0 Å². The summed E-state index contributed by atoms with van der Waals surface area (Å²) in [7, 11) is 16.4. The molecule has 3 aromatic heterocycles. The van der Waals surface area contributed by atoms with E-state index in [0.717, 1.165) is 0 Å². The van der Waals surface area contributed by atoms with Crippen molar-refractivity contribution in [3.63, 3.8) is 0 Å². The normalized spacial score (nSPS) is 11.9. The first kappa shape index (κ1) is 35.2. The van der Waals surface area contributed by atoms with Crippen LogP contribution in [0.3, 0.4) is 0 Å². The fourth-order valence-corrected chi connectivity index (χ4v) is 11.3.